The molecule has 1 aromatic rings. The quantitative estimate of drug-likeness (QED) is 0.751. The van der Waals surface area contributed by atoms with Gasteiger partial charge in [-0.15, -0.1) is 0 Å². The van der Waals surface area contributed by atoms with Crippen LogP contribution in [0.5, 0.6) is 0 Å². The third-order valence-electron chi connectivity index (χ3n) is 2.35. The summed E-state index contributed by atoms with van der Waals surface area (Å²) < 4.78 is 2.26. The van der Waals surface area contributed by atoms with Crippen molar-refractivity contribution < 1.29 is 0 Å². The van der Waals surface area contributed by atoms with E-state index < -0.39 is 0 Å². The molecule has 80 valence electrons. The Morgan fingerprint density at radius 2 is 2.21 bits per heavy atom. The normalized spacial score (nSPS) is 10.8. The first-order chi connectivity index (χ1) is 6.81. The lowest BCUT2D eigenvalue weighted by atomic mass is 10.3. The van der Waals surface area contributed by atoms with E-state index in [0.29, 0.717) is 0 Å². The summed E-state index contributed by atoms with van der Waals surface area (Å²) in [5, 5.41) is 0. The van der Waals surface area contributed by atoms with Crippen LogP contribution in [0, 0.1) is 0 Å². The smallest absolute Gasteiger partial charge is 0.108 e. The second-order valence-corrected chi connectivity index (χ2v) is 3.59. The molecule has 0 saturated carbocycles. The van der Waals surface area contributed by atoms with E-state index in [-0.39, 0.29) is 0 Å². The molecule has 0 radical (unpaired) electrons. The van der Waals surface area contributed by atoms with Gasteiger partial charge in [0, 0.05) is 19.2 Å². The molecule has 3 nitrogen and oxygen atoms in total. The van der Waals surface area contributed by atoms with E-state index in [2.05, 4.69) is 29.6 Å². The lowest BCUT2D eigenvalue weighted by Gasteiger charge is -2.04. The Morgan fingerprint density at radius 1 is 1.43 bits per heavy atom. The van der Waals surface area contributed by atoms with Crippen molar-refractivity contribution in [3.05, 3.63) is 17.7 Å². The van der Waals surface area contributed by atoms with Gasteiger partial charge < -0.3 is 10.3 Å². The second-order valence-electron chi connectivity index (χ2n) is 3.59. The number of rotatable bonds is 6. The fourth-order valence-electron chi connectivity index (χ4n) is 1.56. The average Bonchev–Trinajstić information content (AvgIpc) is 2.58. The Labute approximate surface area is 86.3 Å². The summed E-state index contributed by atoms with van der Waals surface area (Å²) in [6.07, 6.45) is 6.45. The predicted octanol–water partition coefficient (Wildman–Crippen LogP) is 1.75. The summed E-state index contributed by atoms with van der Waals surface area (Å²) in [7, 11) is 0. The Balaban J connectivity index is 2.71. The zero-order valence-electron chi connectivity index (χ0n) is 9.29. The van der Waals surface area contributed by atoms with Gasteiger partial charge in [-0.3, -0.25) is 0 Å². The van der Waals surface area contributed by atoms with E-state index in [4.69, 9.17) is 5.73 Å². The lowest BCUT2D eigenvalue weighted by Crippen LogP contribution is -2.08. The van der Waals surface area contributed by atoms with Crippen LogP contribution in [0.1, 0.15) is 38.2 Å². The molecule has 0 unspecified atom stereocenters. The number of hydrogen-bond donors (Lipinski definition) is 1. The van der Waals surface area contributed by atoms with Crippen LogP contribution >= 0.6 is 0 Å². The molecule has 1 aromatic heterocycles. The predicted molar refractivity (Wildman–Crippen MR) is 59.3 cm³/mol. The van der Waals surface area contributed by atoms with Gasteiger partial charge in [-0.05, 0) is 25.8 Å². The first-order valence-corrected chi connectivity index (χ1v) is 5.56. The van der Waals surface area contributed by atoms with Crippen LogP contribution in [-0.4, -0.2) is 16.1 Å². The fraction of sp³-hybridized carbons (Fsp3) is 0.727. The highest BCUT2D eigenvalue weighted by molar-refractivity contribution is 5.04. The van der Waals surface area contributed by atoms with Crippen molar-refractivity contribution in [1.82, 2.24) is 9.55 Å². The minimum Gasteiger partial charge on any atom is -0.335 e. The van der Waals surface area contributed by atoms with Gasteiger partial charge in [0.25, 0.3) is 0 Å². The van der Waals surface area contributed by atoms with Gasteiger partial charge >= 0.3 is 0 Å². The first-order valence-electron chi connectivity index (χ1n) is 5.56. The summed E-state index contributed by atoms with van der Waals surface area (Å²) in [6.45, 7) is 6.10. The van der Waals surface area contributed by atoms with E-state index in [1.165, 1.54) is 11.5 Å². The van der Waals surface area contributed by atoms with Crippen LogP contribution < -0.4 is 5.73 Å². The molecular weight excluding hydrogens is 174 g/mol. The molecule has 0 fully saturated rings. The van der Waals surface area contributed by atoms with Crippen molar-refractivity contribution in [2.45, 2.75) is 46.1 Å². The molecule has 14 heavy (non-hydrogen) atoms. The second kappa shape index (κ2) is 5.81. The van der Waals surface area contributed by atoms with E-state index in [1.54, 1.807) is 0 Å². The van der Waals surface area contributed by atoms with Crippen LogP contribution in [0.25, 0.3) is 0 Å². The topological polar surface area (TPSA) is 43.8 Å². The highest BCUT2D eigenvalue weighted by Crippen LogP contribution is 2.07. The van der Waals surface area contributed by atoms with E-state index in [9.17, 15) is 0 Å². The minimum atomic E-state index is 0.755. The number of nitrogens with two attached hydrogens (primary N) is 1. The van der Waals surface area contributed by atoms with Crippen LogP contribution in [-0.2, 0) is 19.4 Å². The minimum absolute atomic E-state index is 0.755. The number of aromatic nitrogens is 2. The van der Waals surface area contributed by atoms with Gasteiger partial charge in [0.15, 0.2) is 0 Å². The number of hydrogen-bond acceptors (Lipinski definition) is 2. The molecular formula is C11H21N3. The zero-order valence-corrected chi connectivity index (χ0v) is 9.29. The first kappa shape index (κ1) is 11.2. The SMILES string of the molecule is CCCc1nc(CC)cn1CCCN. The van der Waals surface area contributed by atoms with Crippen LogP contribution in [0.3, 0.4) is 0 Å². The molecule has 1 rings (SSSR count). The number of nitrogens with zero attached hydrogens (tertiary/aromatic N) is 2. The molecule has 0 bridgehead atoms. The van der Waals surface area contributed by atoms with E-state index in [1.807, 2.05) is 0 Å². The van der Waals surface area contributed by atoms with Crippen LogP contribution in [0.2, 0.25) is 0 Å². The summed E-state index contributed by atoms with van der Waals surface area (Å²) in [5.41, 5.74) is 6.71. The van der Waals surface area contributed by atoms with Gasteiger partial charge in [0.1, 0.15) is 5.82 Å². The Kier molecular flexibility index (Phi) is 4.66. The Bertz CT molecular complexity index is 265. The van der Waals surface area contributed by atoms with Crippen molar-refractivity contribution in [3.63, 3.8) is 0 Å². The monoisotopic (exact) mass is 195 g/mol. The molecule has 0 aromatic carbocycles. The van der Waals surface area contributed by atoms with Crippen molar-refractivity contribution in [2.24, 2.45) is 5.73 Å². The number of aryl methyl sites for hydroxylation is 3. The molecule has 2 N–H and O–H groups in total. The van der Waals surface area contributed by atoms with Gasteiger partial charge in [-0.1, -0.05) is 13.8 Å². The van der Waals surface area contributed by atoms with Crippen molar-refractivity contribution >= 4 is 0 Å². The molecule has 0 saturated heterocycles. The van der Waals surface area contributed by atoms with Crippen LogP contribution in [0.15, 0.2) is 6.20 Å². The summed E-state index contributed by atoms with van der Waals surface area (Å²) in [5.74, 6) is 1.22. The molecule has 1 heterocycles. The fourth-order valence-corrected chi connectivity index (χ4v) is 1.56. The van der Waals surface area contributed by atoms with Gasteiger partial charge in [0.2, 0.25) is 0 Å². The maximum Gasteiger partial charge on any atom is 0.108 e. The Hall–Kier alpha value is -0.830. The van der Waals surface area contributed by atoms with Crippen molar-refractivity contribution in [3.8, 4) is 0 Å². The summed E-state index contributed by atoms with van der Waals surface area (Å²) in [6, 6.07) is 0. The molecule has 0 atom stereocenters. The average molecular weight is 195 g/mol. The largest absolute Gasteiger partial charge is 0.335 e. The van der Waals surface area contributed by atoms with Gasteiger partial charge in [0.05, 0.1) is 5.69 Å². The maximum atomic E-state index is 5.51. The van der Waals surface area contributed by atoms with E-state index >= 15 is 0 Å². The lowest BCUT2D eigenvalue weighted by molar-refractivity contribution is 0.611. The van der Waals surface area contributed by atoms with E-state index in [0.717, 1.165) is 38.8 Å². The standard InChI is InChI=1S/C11H21N3/c1-3-6-11-13-10(4-2)9-14(11)8-5-7-12/h9H,3-8,12H2,1-2H3. The highest BCUT2D eigenvalue weighted by atomic mass is 15.1. The van der Waals surface area contributed by atoms with Gasteiger partial charge in [-0.25, -0.2) is 4.98 Å². The molecule has 0 aliphatic carbocycles. The molecule has 3 heteroatoms. The number of imidazole rings is 1. The molecule has 0 aliphatic heterocycles. The molecule has 0 aliphatic rings. The van der Waals surface area contributed by atoms with Gasteiger partial charge in [-0.2, -0.15) is 0 Å². The highest BCUT2D eigenvalue weighted by Gasteiger charge is 2.04. The van der Waals surface area contributed by atoms with Crippen molar-refractivity contribution in [2.75, 3.05) is 6.54 Å². The molecule has 0 spiro atoms. The zero-order chi connectivity index (χ0) is 10.4. The summed E-state index contributed by atoms with van der Waals surface area (Å²) in [4.78, 5) is 4.59. The van der Waals surface area contributed by atoms with Crippen molar-refractivity contribution in [1.29, 1.82) is 0 Å². The Morgan fingerprint density at radius 3 is 2.79 bits per heavy atom. The van der Waals surface area contributed by atoms with Crippen LogP contribution in [0.4, 0.5) is 0 Å². The maximum absolute atomic E-state index is 5.51. The molecule has 0 amide bonds. The third kappa shape index (κ3) is 2.84. The third-order valence-corrected chi connectivity index (χ3v) is 2.35. The summed E-state index contributed by atoms with van der Waals surface area (Å²) >= 11 is 0.